The Bertz CT molecular complexity index is 1550. The number of hydrogen-bond donors (Lipinski definition) is 0. The predicted octanol–water partition coefficient (Wildman–Crippen LogP) is 8.54. The van der Waals surface area contributed by atoms with Gasteiger partial charge in [0.25, 0.3) is 11.4 Å². The van der Waals surface area contributed by atoms with Crippen molar-refractivity contribution in [1.29, 1.82) is 0 Å². The molecule has 0 aliphatic carbocycles. The molecule has 0 saturated heterocycles. The smallest absolute Gasteiger partial charge is 0.258 e. The molecule has 0 amide bonds. The lowest BCUT2D eigenvalue weighted by atomic mass is 9.84. The first-order valence-corrected chi connectivity index (χ1v) is 10.7. The molecule has 4 aromatic carbocycles. The third-order valence-electron chi connectivity index (χ3n) is 5.72. The highest BCUT2D eigenvalue weighted by Gasteiger charge is 2.37. The largest absolute Gasteiger partial charge is 0.417 e. The van der Waals surface area contributed by atoms with Gasteiger partial charge in [-0.15, -0.1) is 0 Å². The first kappa shape index (κ1) is 26.3. The number of nitrogens with zero attached hydrogens (tertiary/aromatic N) is 2. The summed E-state index contributed by atoms with van der Waals surface area (Å²) in [6, 6.07) is 14.5. The Balaban J connectivity index is 2.14. The Morgan fingerprint density at radius 2 is 1.16 bits per heavy atom. The van der Waals surface area contributed by atoms with Crippen LogP contribution in [0.15, 0.2) is 84.9 Å². The second-order valence-electron chi connectivity index (χ2n) is 8.10. The SMILES string of the molecule is O=[N+]([O-])c1ccc(-c2c(-c3cccc(C(F)(F)F)c3)ccc(C(F)(F)F)c2-c2cccc([N+](=O)[O-])c2)cc1. The van der Waals surface area contributed by atoms with Crippen molar-refractivity contribution in [2.75, 3.05) is 0 Å². The normalized spacial score (nSPS) is 11.8. The van der Waals surface area contributed by atoms with Gasteiger partial charge in [-0.05, 0) is 58.1 Å². The molecule has 4 rings (SSSR count). The highest BCUT2D eigenvalue weighted by Crippen LogP contribution is 2.48. The lowest BCUT2D eigenvalue weighted by Crippen LogP contribution is -2.09. The minimum atomic E-state index is -4.96. The summed E-state index contributed by atoms with van der Waals surface area (Å²) in [6.45, 7) is 0. The number of halogens is 6. The molecule has 0 heterocycles. The van der Waals surface area contributed by atoms with Crippen molar-refractivity contribution < 1.29 is 36.2 Å². The van der Waals surface area contributed by atoms with Crippen LogP contribution in [0.4, 0.5) is 37.7 Å². The Morgan fingerprint density at radius 1 is 0.553 bits per heavy atom. The molecule has 0 saturated carbocycles. The van der Waals surface area contributed by atoms with Crippen LogP contribution in [-0.2, 0) is 12.4 Å². The first-order chi connectivity index (χ1) is 17.8. The summed E-state index contributed by atoms with van der Waals surface area (Å²) in [5.74, 6) is 0. The van der Waals surface area contributed by atoms with Crippen LogP contribution in [0.25, 0.3) is 33.4 Å². The molecule has 0 spiro atoms. The molecule has 0 unspecified atom stereocenters. The summed E-state index contributed by atoms with van der Waals surface area (Å²) in [4.78, 5) is 21.0. The van der Waals surface area contributed by atoms with Crippen LogP contribution in [0.1, 0.15) is 11.1 Å². The lowest BCUT2D eigenvalue weighted by Gasteiger charge is -2.22. The van der Waals surface area contributed by atoms with E-state index in [1.165, 1.54) is 30.3 Å². The third kappa shape index (κ3) is 5.19. The number of rotatable bonds is 5. The minimum Gasteiger partial charge on any atom is -0.258 e. The summed E-state index contributed by atoms with van der Waals surface area (Å²) in [7, 11) is 0. The predicted molar refractivity (Wildman–Crippen MR) is 126 cm³/mol. The van der Waals surface area contributed by atoms with Crippen LogP contribution in [-0.4, -0.2) is 9.85 Å². The topological polar surface area (TPSA) is 86.3 Å². The summed E-state index contributed by atoms with van der Waals surface area (Å²) >= 11 is 0. The molecule has 0 aromatic heterocycles. The van der Waals surface area contributed by atoms with Gasteiger partial charge < -0.3 is 0 Å². The standard InChI is InChI=1S/C26H14F6N2O4/c27-25(28,29)18-5-1-3-16(13-18)21-11-12-22(26(30,31)32)24(17-4-2-6-20(14-17)34(37)38)23(21)15-7-9-19(10-8-15)33(35)36/h1-14H. The van der Waals surface area contributed by atoms with Gasteiger partial charge in [0, 0.05) is 29.8 Å². The van der Waals surface area contributed by atoms with E-state index < -0.39 is 44.6 Å². The fourth-order valence-corrected chi connectivity index (χ4v) is 4.07. The van der Waals surface area contributed by atoms with Crippen LogP contribution >= 0.6 is 0 Å². The van der Waals surface area contributed by atoms with E-state index in [4.69, 9.17) is 0 Å². The molecular weight excluding hydrogens is 518 g/mol. The van der Waals surface area contributed by atoms with E-state index in [1.807, 2.05) is 0 Å². The van der Waals surface area contributed by atoms with Gasteiger partial charge in [0.05, 0.1) is 21.0 Å². The number of alkyl halides is 6. The monoisotopic (exact) mass is 532 g/mol. The van der Waals surface area contributed by atoms with E-state index in [0.717, 1.165) is 48.5 Å². The van der Waals surface area contributed by atoms with E-state index >= 15 is 0 Å². The van der Waals surface area contributed by atoms with Crippen molar-refractivity contribution in [1.82, 2.24) is 0 Å². The van der Waals surface area contributed by atoms with Crippen LogP contribution in [0.5, 0.6) is 0 Å². The molecule has 0 atom stereocenters. The third-order valence-corrected chi connectivity index (χ3v) is 5.72. The van der Waals surface area contributed by atoms with E-state index in [0.29, 0.717) is 6.07 Å². The highest BCUT2D eigenvalue weighted by atomic mass is 19.4. The molecule has 0 N–H and O–H groups in total. The number of benzene rings is 4. The molecule has 0 aliphatic heterocycles. The van der Waals surface area contributed by atoms with Gasteiger partial charge in [-0.3, -0.25) is 20.2 Å². The van der Waals surface area contributed by atoms with Crippen molar-refractivity contribution in [3.63, 3.8) is 0 Å². The van der Waals surface area contributed by atoms with E-state index in [2.05, 4.69) is 0 Å². The second kappa shape index (κ2) is 9.61. The number of nitro groups is 2. The average Bonchev–Trinajstić information content (AvgIpc) is 2.87. The van der Waals surface area contributed by atoms with E-state index in [1.54, 1.807) is 0 Å². The summed E-state index contributed by atoms with van der Waals surface area (Å²) < 4.78 is 83.0. The molecular formula is C26H14F6N2O4. The van der Waals surface area contributed by atoms with Gasteiger partial charge in [0.15, 0.2) is 0 Å². The number of nitro benzene ring substituents is 2. The fourth-order valence-electron chi connectivity index (χ4n) is 4.07. The molecule has 38 heavy (non-hydrogen) atoms. The number of hydrogen-bond acceptors (Lipinski definition) is 4. The van der Waals surface area contributed by atoms with Gasteiger partial charge in [-0.25, -0.2) is 0 Å². The molecule has 4 aromatic rings. The van der Waals surface area contributed by atoms with Crippen LogP contribution in [0.2, 0.25) is 0 Å². The minimum absolute atomic E-state index is 0.0237. The van der Waals surface area contributed by atoms with Crippen molar-refractivity contribution in [2.45, 2.75) is 12.4 Å². The van der Waals surface area contributed by atoms with Gasteiger partial charge in [0.2, 0.25) is 0 Å². The van der Waals surface area contributed by atoms with Crippen LogP contribution in [0, 0.1) is 20.2 Å². The fraction of sp³-hybridized carbons (Fsp3) is 0.0769. The molecule has 0 bridgehead atoms. The van der Waals surface area contributed by atoms with Crippen LogP contribution in [0.3, 0.4) is 0 Å². The summed E-state index contributed by atoms with van der Waals surface area (Å²) in [5.41, 5.74) is -4.13. The Labute approximate surface area is 210 Å². The zero-order chi connectivity index (χ0) is 27.8. The van der Waals surface area contributed by atoms with Crippen molar-refractivity contribution in [3.8, 4) is 33.4 Å². The summed E-state index contributed by atoms with van der Waals surface area (Å²) in [6.07, 6.45) is -9.69. The lowest BCUT2D eigenvalue weighted by molar-refractivity contribution is -0.385. The molecule has 194 valence electrons. The van der Waals surface area contributed by atoms with Gasteiger partial charge >= 0.3 is 12.4 Å². The van der Waals surface area contributed by atoms with E-state index in [-0.39, 0.29) is 33.5 Å². The molecule has 12 heteroatoms. The van der Waals surface area contributed by atoms with Gasteiger partial charge in [0.1, 0.15) is 0 Å². The first-order valence-electron chi connectivity index (χ1n) is 10.7. The van der Waals surface area contributed by atoms with Crippen molar-refractivity contribution in [2.24, 2.45) is 0 Å². The van der Waals surface area contributed by atoms with Crippen molar-refractivity contribution >= 4 is 11.4 Å². The van der Waals surface area contributed by atoms with E-state index in [9.17, 15) is 46.6 Å². The molecule has 0 radical (unpaired) electrons. The van der Waals surface area contributed by atoms with Crippen molar-refractivity contribution in [3.05, 3.63) is 116 Å². The molecule has 0 fully saturated rings. The maximum absolute atomic E-state index is 14.2. The van der Waals surface area contributed by atoms with Gasteiger partial charge in [-0.1, -0.05) is 30.3 Å². The zero-order valence-corrected chi connectivity index (χ0v) is 18.9. The summed E-state index contributed by atoms with van der Waals surface area (Å²) in [5, 5.41) is 22.5. The Hall–Kier alpha value is -4.74. The zero-order valence-electron chi connectivity index (χ0n) is 18.9. The van der Waals surface area contributed by atoms with Crippen LogP contribution < -0.4 is 0 Å². The molecule has 0 aliphatic rings. The Morgan fingerprint density at radius 3 is 1.74 bits per heavy atom. The maximum atomic E-state index is 14.2. The quantitative estimate of drug-likeness (QED) is 0.146. The van der Waals surface area contributed by atoms with Gasteiger partial charge in [-0.2, -0.15) is 26.3 Å². The average molecular weight is 532 g/mol. The number of non-ortho nitro benzene ring substituents is 2. The molecule has 6 nitrogen and oxygen atoms in total. The Kier molecular flexibility index (Phi) is 6.66. The second-order valence-corrected chi connectivity index (χ2v) is 8.10. The highest BCUT2D eigenvalue weighted by molar-refractivity contribution is 5.96. The maximum Gasteiger partial charge on any atom is 0.417 e.